The van der Waals surface area contributed by atoms with E-state index in [9.17, 15) is 9.50 Å². The second kappa shape index (κ2) is 8.06. The zero-order valence-electron chi connectivity index (χ0n) is 10.7. The first kappa shape index (κ1) is 14.9. The van der Waals surface area contributed by atoms with Crippen molar-refractivity contribution in [1.29, 1.82) is 0 Å². The molecule has 0 heterocycles. The van der Waals surface area contributed by atoms with Gasteiger partial charge in [0.05, 0.1) is 12.7 Å². The van der Waals surface area contributed by atoms with Gasteiger partial charge in [0, 0.05) is 6.61 Å². The molecule has 1 rings (SSSR count). The zero-order chi connectivity index (χ0) is 13.4. The Labute approximate surface area is 107 Å². The van der Waals surface area contributed by atoms with E-state index in [4.69, 9.17) is 9.84 Å². The molecule has 1 atom stereocenters. The van der Waals surface area contributed by atoms with E-state index in [2.05, 4.69) is 0 Å². The molecule has 1 unspecified atom stereocenters. The summed E-state index contributed by atoms with van der Waals surface area (Å²) in [5.41, 5.74) is 0.544. The average molecular weight is 256 g/mol. The van der Waals surface area contributed by atoms with Crippen molar-refractivity contribution in [3.8, 4) is 5.75 Å². The summed E-state index contributed by atoms with van der Waals surface area (Å²) in [5, 5.41) is 17.9. The Morgan fingerprint density at radius 3 is 2.56 bits per heavy atom. The summed E-state index contributed by atoms with van der Waals surface area (Å²) in [6.07, 6.45) is 2.90. The van der Waals surface area contributed by atoms with Gasteiger partial charge < -0.3 is 14.9 Å². The summed E-state index contributed by atoms with van der Waals surface area (Å²) in [4.78, 5) is 0. The van der Waals surface area contributed by atoms with Gasteiger partial charge >= 0.3 is 0 Å². The van der Waals surface area contributed by atoms with E-state index in [1.807, 2.05) is 0 Å². The van der Waals surface area contributed by atoms with Crippen LogP contribution in [0, 0.1) is 5.82 Å². The van der Waals surface area contributed by atoms with E-state index >= 15 is 0 Å². The monoisotopic (exact) mass is 256 g/mol. The van der Waals surface area contributed by atoms with Crippen LogP contribution in [0.1, 0.15) is 44.3 Å². The topological polar surface area (TPSA) is 49.7 Å². The van der Waals surface area contributed by atoms with Gasteiger partial charge in [0.2, 0.25) is 0 Å². The predicted octanol–water partition coefficient (Wildman–Crippen LogP) is 2.81. The molecular weight excluding hydrogens is 235 g/mol. The fourth-order valence-corrected chi connectivity index (χ4v) is 1.64. The maximum atomic E-state index is 13.6. The van der Waals surface area contributed by atoms with Crippen LogP contribution in [-0.2, 0) is 0 Å². The van der Waals surface area contributed by atoms with Crippen molar-refractivity contribution in [2.75, 3.05) is 13.2 Å². The number of hydrogen-bond donors (Lipinski definition) is 2. The molecule has 18 heavy (non-hydrogen) atoms. The van der Waals surface area contributed by atoms with Crippen molar-refractivity contribution in [2.24, 2.45) is 0 Å². The summed E-state index contributed by atoms with van der Waals surface area (Å²) in [6.45, 7) is 2.28. The molecule has 3 nitrogen and oxygen atoms in total. The number of hydrogen-bond acceptors (Lipinski definition) is 3. The Kier molecular flexibility index (Phi) is 6.68. The SMILES string of the molecule is CC(O)c1ccc(OCCCCCCO)c(F)c1. The highest BCUT2D eigenvalue weighted by molar-refractivity contribution is 5.30. The standard InChI is InChI=1S/C14H21FO3/c1-11(17)12-6-7-14(13(15)10-12)18-9-5-3-2-4-8-16/h6-7,10-11,16-17H,2-5,8-9H2,1H3. The number of aliphatic hydroxyl groups is 2. The molecule has 0 saturated heterocycles. The van der Waals surface area contributed by atoms with E-state index in [0.717, 1.165) is 25.7 Å². The van der Waals surface area contributed by atoms with Gasteiger partial charge in [-0.2, -0.15) is 0 Å². The molecule has 0 aliphatic rings. The summed E-state index contributed by atoms with van der Waals surface area (Å²) in [6, 6.07) is 4.51. The second-order valence-electron chi connectivity index (χ2n) is 4.35. The third kappa shape index (κ3) is 5.02. The summed E-state index contributed by atoms with van der Waals surface area (Å²) >= 11 is 0. The smallest absolute Gasteiger partial charge is 0.165 e. The lowest BCUT2D eigenvalue weighted by atomic mass is 10.1. The molecule has 0 radical (unpaired) electrons. The second-order valence-corrected chi connectivity index (χ2v) is 4.35. The highest BCUT2D eigenvalue weighted by atomic mass is 19.1. The number of aliphatic hydroxyl groups excluding tert-OH is 2. The third-order valence-electron chi connectivity index (χ3n) is 2.75. The van der Waals surface area contributed by atoms with E-state index in [1.54, 1.807) is 19.1 Å². The van der Waals surface area contributed by atoms with Gasteiger partial charge in [0.15, 0.2) is 11.6 Å². The highest BCUT2D eigenvalue weighted by Crippen LogP contribution is 2.22. The van der Waals surface area contributed by atoms with Crippen molar-refractivity contribution in [2.45, 2.75) is 38.7 Å². The van der Waals surface area contributed by atoms with Crippen LogP contribution < -0.4 is 4.74 Å². The quantitative estimate of drug-likeness (QED) is 0.703. The Morgan fingerprint density at radius 2 is 1.94 bits per heavy atom. The molecule has 1 aromatic carbocycles. The van der Waals surface area contributed by atoms with Crippen LogP contribution in [0.15, 0.2) is 18.2 Å². The fraction of sp³-hybridized carbons (Fsp3) is 0.571. The van der Waals surface area contributed by atoms with Gasteiger partial charge in [0.1, 0.15) is 0 Å². The van der Waals surface area contributed by atoms with Crippen LogP contribution >= 0.6 is 0 Å². The third-order valence-corrected chi connectivity index (χ3v) is 2.75. The van der Waals surface area contributed by atoms with Crippen molar-refractivity contribution in [1.82, 2.24) is 0 Å². The first-order chi connectivity index (χ1) is 8.65. The Morgan fingerprint density at radius 1 is 1.22 bits per heavy atom. The molecule has 0 amide bonds. The number of rotatable bonds is 8. The summed E-state index contributed by atoms with van der Waals surface area (Å²) in [7, 11) is 0. The fourth-order valence-electron chi connectivity index (χ4n) is 1.64. The van der Waals surface area contributed by atoms with Crippen molar-refractivity contribution >= 4 is 0 Å². The Balaban J connectivity index is 2.34. The molecule has 0 aliphatic carbocycles. The molecule has 102 valence electrons. The zero-order valence-corrected chi connectivity index (χ0v) is 10.7. The van der Waals surface area contributed by atoms with E-state index in [0.29, 0.717) is 12.2 Å². The van der Waals surface area contributed by atoms with E-state index < -0.39 is 11.9 Å². The maximum absolute atomic E-state index is 13.6. The molecule has 0 saturated carbocycles. The molecular formula is C14H21FO3. The minimum atomic E-state index is -0.674. The molecule has 0 bridgehead atoms. The van der Waals surface area contributed by atoms with Crippen molar-refractivity contribution < 1.29 is 19.3 Å². The van der Waals surface area contributed by atoms with Crippen LogP contribution in [0.25, 0.3) is 0 Å². The molecule has 1 aromatic rings. The molecule has 4 heteroatoms. The van der Waals surface area contributed by atoms with Crippen LogP contribution in [0.3, 0.4) is 0 Å². The number of halogens is 1. The first-order valence-corrected chi connectivity index (χ1v) is 6.36. The lowest BCUT2D eigenvalue weighted by Gasteiger charge is -2.10. The highest BCUT2D eigenvalue weighted by Gasteiger charge is 2.07. The normalized spacial score (nSPS) is 12.4. The van der Waals surface area contributed by atoms with Crippen molar-refractivity contribution in [3.63, 3.8) is 0 Å². The van der Waals surface area contributed by atoms with Gasteiger partial charge in [-0.3, -0.25) is 0 Å². The average Bonchev–Trinajstić information content (AvgIpc) is 2.35. The van der Waals surface area contributed by atoms with Crippen LogP contribution in [0.5, 0.6) is 5.75 Å². The Hall–Kier alpha value is -1.13. The van der Waals surface area contributed by atoms with E-state index in [1.165, 1.54) is 6.07 Å². The van der Waals surface area contributed by atoms with Crippen molar-refractivity contribution in [3.05, 3.63) is 29.6 Å². The largest absolute Gasteiger partial charge is 0.491 e. The predicted molar refractivity (Wildman–Crippen MR) is 68.1 cm³/mol. The lowest BCUT2D eigenvalue weighted by molar-refractivity contribution is 0.198. The minimum absolute atomic E-state index is 0.219. The van der Waals surface area contributed by atoms with Gasteiger partial charge in [-0.1, -0.05) is 12.5 Å². The van der Waals surface area contributed by atoms with Crippen LogP contribution in [-0.4, -0.2) is 23.4 Å². The van der Waals surface area contributed by atoms with Crippen LogP contribution in [0.2, 0.25) is 0 Å². The van der Waals surface area contributed by atoms with E-state index in [-0.39, 0.29) is 12.4 Å². The number of ether oxygens (including phenoxy) is 1. The van der Waals surface area contributed by atoms with Crippen LogP contribution in [0.4, 0.5) is 4.39 Å². The van der Waals surface area contributed by atoms with Gasteiger partial charge in [-0.25, -0.2) is 4.39 Å². The molecule has 2 N–H and O–H groups in total. The molecule has 0 spiro atoms. The lowest BCUT2D eigenvalue weighted by Crippen LogP contribution is -2.01. The van der Waals surface area contributed by atoms with Gasteiger partial charge in [0.25, 0.3) is 0 Å². The minimum Gasteiger partial charge on any atom is -0.491 e. The molecule has 0 fully saturated rings. The summed E-state index contributed by atoms with van der Waals surface area (Å²) < 4.78 is 18.9. The molecule has 0 aromatic heterocycles. The van der Waals surface area contributed by atoms with Gasteiger partial charge in [-0.05, 0) is 43.9 Å². The molecule has 0 aliphatic heterocycles. The number of unbranched alkanes of at least 4 members (excludes halogenated alkanes) is 3. The summed E-state index contributed by atoms with van der Waals surface area (Å²) in [5.74, 6) is -0.217. The number of benzene rings is 1. The first-order valence-electron chi connectivity index (χ1n) is 6.36. The van der Waals surface area contributed by atoms with Gasteiger partial charge in [-0.15, -0.1) is 0 Å². The maximum Gasteiger partial charge on any atom is 0.165 e. The Bertz CT molecular complexity index is 353.